The van der Waals surface area contributed by atoms with Crippen molar-refractivity contribution in [3.63, 3.8) is 0 Å². The summed E-state index contributed by atoms with van der Waals surface area (Å²) in [5.74, 6) is -0.382. The summed E-state index contributed by atoms with van der Waals surface area (Å²) in [5, 5.41) is 2.92. The molecule has 0 radical (unpaired) electrons. The van der Waals surface area contributed by atoms with Gasteiger partial charge in [0.05, 0.1) is 18.1 Å². The van der Waals surface area contributed by atoms with E-state index < -0.39 is 15.8 Å². The molecule has 8 heteroatoms. The fraction of sp³-hybridized carbons (Fsp3) is 0.632. The Kier molecular flexibility index (Phi) is 6.52. The van der Waals surface area contributed by atoms with E-state index in [9.17, 15) is 13.2 Å². The number of hydrogen-bond acceptors (Lipinski definition) is 5. The zero-order valence-electron chi connectivity index (χ0n) is 15.7. The van der Waals surface area contributed by atoms with Crippen LogP contribution in [0.3, 0.4) is 0 Å². The Labute approximate surface area is 161 Å². The molecule has 1 amide bonds. The molecule has 0 atom stereocenters. The van der Waals surface area contributed by atoms with E-state index in [1.54, 1.807) is 30.3 Å². The van der Waals surface area contributed by atoms with Crippen LogP contribution in [0.4, 0.5) is 0 Å². The van der Waals surface area contributed by atoms with Gasteiger partial charge in [-0.3, -0.25) is 4.79 Å². The van der Waals surface area contributed by atoms with Gasteiger partial charge in [-0.15, -0.1) is 0 Å². The minimum atomic E-state index is -3.44. The molecule has 0 spiro atoms. The highest BCUT2D eigenvalue weighted by Gasteiger charge is 2.31. The second-order valence-electron chi connectivity index (χ2n) is 7.30. The van der Waals surface area contributed by atoms with Gasteiger partial charge >= 0.3 is 0 Å². The first-order valence-corrected chi connectivity index (χ1v) is 10.9. The third-order valence-electron chi connectivity index (χ3n) is 5.23. The monoisotopic (exact) mass is 396 g/mol. The number of carbonyl (C=O) groups is 1. The van der Waals surface area contributed by atoms with Crippen molar-refractivity contribution in [3.05, 3.63) is 30.3 Å². The maximum Gasteiger partial charge on any atom is 0.243 e. The molecule has 2 saturated heterocycles. The van der Waals surface area contributed by atoms with E-state index in [1.807, 2.05) is 6.92 Å². The van der Waals surface area contributed by atoms with Gasteiger partial charge in [-0.2, -0.15) is 4.31 Å². The predicted octanol–water partition coefficient (Wildman–Crippen LogP) is 1.75. The highest BCUT2D eigenvalue weighted by molar-refractivity contribution is 7.89. The summed E-state index contributed by atoms with van der Waals surface area (Å²) in [6, 6.07) is 8.49. The van der Waals surface area contributed by atoms with Crippen molar-refractivity contribution in [2.24, 2.45) is 5.92 Å². The highest BCUT2D eigenvalue weighted by Crippen LogP contribution is 2.26. The number of amides is 1. The SMILES string of the molecule is CC1(CCNC(=O)CC2CCN(S(=O)(=O)c3ccccc3)CC2)OCCO1. The van der Waals surface area contributed by atoms with Crippen molar-refractivity contribution in [1.82, 2.24) is 9.62 Å². The molecule has 2 aliphatic heterocycles. The minimum Gasteiger partial charge on any atom is -0.356 e. The first kappa shape index (κ1) is 20.3. The van der Waals surface area contributed by atoms with E-state index in [2.05, 4.69) is 5.32 Å². The third-order valence-corrected chi connectivity index (χ3v) is 7.14. The molecular formula is C19H28N2O5S. The van der Waals surface area contributed by atoms with Crippen LogP contribution < -0.4 is 5.32 Å². The van der Waals surface area contributed by atoms with Crippen LogP contribution in [0.5, 0.6) is 0 Å². The van der Waals surface area contributed by atoms with Crippen LogP contribution >= 0.6 is 0 Å². The molecule has 1 aromatic rings. The summed E-state index contributed by atoms with van der Waals surface area (Å²) in [7, 11) is -3.44. The Morgan fingerprint density at radius 1 is 1.19 bits per heavy atom. The lowest BCUT2D eigenvalue weighted by Crippen LogP contribution is -2.40. The molecule has 150 valence electrons. The van der Waals surface area contributed by atoms with Crippen LogP contribution in [0, 0.1) is 5.92 Å². The molecule has 2 aliphatic rings. The Balaban J connectivity index is 1.41. The highest BCUT2D eigenvalue weighted by atomic mass is 32.2. The predicted molar refractivity (Wildman–Crippen MR) is 100 cm³/mol. The van der Waals surface area contributed by atoms with E-state index in [4.69, 9.17) is 9.47 Å². The molecule has 27 heavy (non-hydrogen) atoms. The number of carbonyl (C=O) groups excluding carboxylic acids is 1. The molecule has 2 heterocycles. The normalized spacial score (nSPS) is 21.2. The van der Waals surface area contributed by atoms with Crippen LogP contribution in [0.1, 0.15) is 32.6 Å². The van der Waals surface area contributed by atoms with E-state index in [-0.39, 0.29) is 11.8 Å². The zero-order valence-corrected chi connectivity index (χ0v) is 16.5. The van der Waals surface area contributed by atoms with Crippen LogP contribution in [0.2, 0.25) is 0 Å². The van der Waals surface area contributed by atoms with Crippen LogP contribution in [-0.2, 0) is 24.3 Å². The van der Waals surface area contributed by atoms with Gasteiger partial charge < -0.3 is 14.8 Å². The molecule has 1 aromatic carbocycles. The van der Waals surface area contributed by atoms with Crippen molar-refractivity contribution in [1.29, 1.82) is 0 Å². The molecule has 3 rings (SSSR count). The topological polar surface area (TPSA) is 84.9 Å². The number of benzene rings is 1. The minimum absolute atomic E-state index is 0.000892. The van der Waals surface area contributed by atoms with Gasteiger partial charge in [-0.05, 0) is 37.8 Å². The van der Waals surface area contributed by atoms with Crippen molar-refractivity contribution in [2.45, 2.75) is 43.3 Å². The number of nitrogens with one attached hydrogen (secondary N) is 1. The number of rotatable bonds is 7. The third kappa shape index (κ3) is 5.28. The van der Waals surface area contributed by atoms with Gasteiger partial charge in [0.2, 0.25) is 15.9 Å². The maximum atomic E-state index is 12.6. The van der Waals surface area contributed by atoms with Crippen LogP contribution in [0.15, 0.2) is 35.2 Å². The van der Waals surface area contributed by atoms with Crippen LogP contribution in [-0.4, -0.2) is 57.3 Å². The second kappa shape index (κ2) is 8.68. The Morgan fingerprint density at radius 2 is 1.81 bits per heavy atom. The number of sulfonamides is 1. The summed E-state index contributed by atoms with van der Waals surface area (Å²) < 4.78 is 37.8. The quantitative estimate of drug-likeness (QED) is 0.759. The molecular weight excluding hydrogens is 368 g/mol. The largest absolute Gasteiger partial charge is 0.356 e. The molecule has 0 unspecified atom stereocenters. The number of nitrogens with zero attached hydrogens (tertiary/aromatic N) is 1. The molecule has 7 nitrogen and oxygen atoms in total. The molecule has 2 fully saturated rings. The van der Waals surface area contributed by atoms with Gasteiger partial charge in [0.25, 0.3) is 0 Å². The second-order valence-corrected chi connectivity index (χ2v) is 9.23. The van der Waals surface area contributed by atoms with Crippen molar-refractivity contribution in [3.8, 4) is 0 Å². The van der Waals surface area contributed by atoms with Gasteiger partial charge in [0, 0.05) is 32.5 Å². The summed E-state index contributed by atoms with van der Waals surface area (Å²) in [4.78, 5) is 12.5. The average molecular weight is 397 g/mol. The van der Waals surface area contributed by atoms with Crippen molar-refractivity contribution in [2.75, 3.05) is 32.8 Å². The van der Waals surface area contributed by atoms with Gasteiger partial charge in [0.15, 0.2) is 5.79 Å². The van der Waals surface area contributed by atoms with Crippen molar-refractivity contribution >= 4 is 15.9 Å². The lowest BCUT2D eigenvalue weighted by atomic mass is 9.94. The number of ether oxygens (including phenoxy) is 2. The first-order valence-electron chi connectivity index (χ1n) is 9.49. The molecule has 0 aromatic heterocycles. The molecule has 0 saturated carbocycles. The van der Waals surface area contributed by atoms with Gasteiger partial charge in [0.1, 0.15) is 0 Å². The van der Waals surface area contributed by atoms with Gasteiger partial charge in [-0.25, -0.2) is 8.42 Å². The molecule has 1 N–H and O–H groups in total. The molecule has 0 bridgehead atoms. The summed E-state index contributed by atoms with van der Waals surface area (Å²) in [6.07, 6.45) is 2.44. The van der Waals surface area contributed by atoms with E-state index in [1.165, 1.54) is 4.31 Å². The Hall–Kier alpha value is -1.48. The van der Waals surface area contributed by atoms with E-state index in [0.717, 1.165) is 0 Å². The summed E-state index contributed by atoms with van der Waals surface area (Å²) in [6.45, 7) is 4.49. The van der Waals surface area contributed by atoms with Crippen molar-refractivity contribution < 1.29 is 22.7 Å². The fourth-order valence-corrected chi connectivity index (χ4v) is 5.05. The lowest BCUT2D eigenvalue weighted by Gasteiger charge is -2.31. The van der Waals surface area contributed by atoms with Crippen LogP contribution in [0.25, 0.3) is 0 Å². The number of hydrogen-bond donors (Lipinski definition) is 1. The Bertz CT molecular complexity index is 724. The Morgan fingerprint density at radius 3 is 2.44 bits per heavy atom. The fourth-order valence-electron chi connectivity index (χ4n) is 3.56. The average Bonchev–Trinajstić information content (AvgIpc) is 3.09. The smallest absolute Gasteiger partial charge is 0.243 e. The number of piperidine rings is 1. The summed E-state index contributed by atoms with van der Waals surface area (Å²) in [5.41, 5.74) is 0. The lowest BCUT2D eigenvalue weighted by molar-refractivity contribution is -0.146. The zero-order chi connectivity index (χ0) is 19.3. The summed E-state index contributed by atoms with van der Waals surface area (Å²) >= 11 is 0. The standard InChI is InChI=1S/C19H28N2O5S/c1-19(25-13-14-26-19)9-10-20-18(22)15-16-7-11-21(12-8-16)27(23,24)17-5-3-2-4-6-17/h2-6,16H,7-15H2,1H3,(H,20,22). The molecule has 0 aliphatic carbocycles. The van der Waals surface area contributed by atoms with Gasteiger partial charge in [-0.1, -0.05) is 18.2 Å². The van der Waals surface area contributed by atoms with E-state index in [0.29, 0.717) is 63.4 Å². The first-order chi connectivity index (χ1) is 12.9. The van der Waals surface area contributed by atoms with E-state index >= 15 is 0 Å². The maximum absolute atomic E-state index is 12.6.